The summed E-state index contributed by atoms with van der Waals surface area (Å²) in [5, 5.41) is 12.1. The number of methoxy groups -OCH3 is 1. The SMILES string of the molecule is COc1ccc(NC(=O)/C(C#N)=C/c2ccn(C3CCCCC3)c2)cc1. The highest BCUT2D eigenvalue weighted by Gasteiger charge is 2.15. The van der Waals surface area contributed by atoms with Gasteiger partial charge in [0.25, 0.3) is 5.91 Å². The normalized spacial score (nSPS) is 15.3. The summed E-state index contributed by atoms with van der Waals surface area (Å²) >= 11 is 0. The van der Waals surface area contributed by atoms with E-state index in [1.54, 1.807) is 37.5 Å². The smallest absolute Gasteiger partial charge is 0.266 e. The molecule has 0 atom stereocenters. The highest BCUT2D eigenvalue weighted by Crippen LogP contribution is 2.28. The highest BCUT2D eigenvalue weighted by atomic mass is 16.5. The molecule has 2 aromatic rings. The van der Waals surface area contributed by atoms with E-state index in [0.717, 1.165) is 5.56 Å². The monoisotopic (exact) mass is 349 g/mol. The van der Waals surface area contributed by atoms with E-state index >= 15 is 0 Å². The molecule has 0 radical (unpaired) electrons. The summed E-state index contributed by atoms with van der Waals surface area (Å²) in [4.78, 5) is 12.4. The molecule has 5 heteroatoms. The van der Waals surface area contributed by atoms with Gasteiger partial charge in [-0.2, -0.15) is 5.26 Å². The van der Waals surface area contributed by atoms with Crippen LogP contribution < -0.4 is 10.1 Å². The van der Waals surface area contributed by atoms with Crippen LogP contribution in [0.25, 0.3) is 6.08 Å². The Hall–Kier alpha value is -3.00. The predicted octanol–water partition coefficient (Wildman–Crippen LogP) is 4.55. The van der Waals surface area contributed by atoms with Crippen molar-refractivity contribution in [3.63, 3.8) is 0 Å². The number of carbonyl (C=O) groups excluding carboxylic acids is 1. The average Bonchev–Trinajstić information content (AvgIpc) is 3.16. The molecule has 1 aliphatic rings. The number of hydrogen-bond donors (Lipinski definition) is 1. The van der Waals surface area contributed by atoms with E-state index in [-0.39, 0.29) is 5.57 Å². The number of amides is 1. The minimum atomic E-state index is -0.414. The Balaban J connectivity index is 1.69. The van der Waals surface area contributed by atoms with Gasteiger partial charge >= 0.3 is 0 Å². The molecule has 1 aromatic heterocycles. The standard InChI is InChI=1S/C21H23N3O2/c1-26-20-9-7-18(8-10-20)23-21(25)17(14-22)13-16-11-12-24(15-16)19-5-3-2-4-6-19/h7-13,15,19H,2-6H2,1H3,(H,23,25)/b17-13+. The second-order valence-electron chi connectivity index (χ2n) is 6.54. The molecule has 1 aliphatic carbocycles. The van der Waals surface area contributed by atoms with Gasteiger partial charge in [0.15, 0.2) is 0 Å². The van der Waals surface area contributed by atoms with Crippen LogP contribution in [0.2, 0.25) is 0 Å². The maximum Gasteiger partial charge on any atom is 0.266 e. The van der Waals surface area contributed by atoms with Crippen LogP contribution in [0, 0.1) is 11.3 Å². The van der Waals surface area contributed by atoms with Crippen LogP contribution in [-0.4, -0.2) is 17.6 Å². The fourth-order valence-corrected chi connectivity index (χ4v) is 3.31. The third-order valence-corrected chi connectivity index (χ3v) is 4.76. The first kappa shape index (κ1) is 17.8. The molecular formula is C21H23N3O2. The Bertz CT molecular complexity index is 822. The quantitative estimate of drug-likeness (QED) is 0.636. The number of rotatable bonds is 5. The second kappa shape index (κ2) is 8.39. The number of nitrogens with one attached hydrogen (secondary N) is 1. The molecule has 1 fully saturated rings. The molecular weight excluding hydrogens is 326 g/mol. The van der Waals surface area contributed by atoms with E-state index in [1.807, 2.05) is 24.5 Å². The lowest BCUT2D eigenvalue weighted by atomic mass is 9.95. The molecule has 134 valence electrons. The van der Waals surface area contributed by atoms with Crippen LogP contribution in [0.15, 0.2) is 48.3 Å². The minimum absolute atomic E-state index is 0.0854. The van der Waals surface area contributed by atoms with Crippen molar-refractivity contribution in [2.45, 2.75) is 38.1 Å². The third kappa shape index (κ3) is 4.34. The predicted molar refractivity (Wildman–Crippen MR) is 102 cm³/mol. The van der Waals surface area contributed by atoms with Crippen molar-refractivity contribution in [2.24, 2.45) is 0 Å². The van der Waals surface area contributed by atoms with Crippen LogP contribution in [0.1, 0.15) is 43.7 Å². The number of nitrogens with zero attached hydrogens (tertiary/aromatic N) is 2. The summed E-state index contributed by atoms with van der Waals surface area (Å²) < 4.78 is 7.30. The maximum atomic E-state index is 12.4. The number of carbonyl (C=O) groups is 1. The summed E-state index contributed by atoms with van der Waals surface area (Å²) in [5.41, 5.74) is 1.58. The van der Waals surface area contributed by atoms with Crippen LogP contribution >= 0.6 is 0 Å². The zero-order valence-corrected chi connectivity index (χ0v) is 14.9. The summed E-state index contributed by atoms with van der Waals surface area (Å²) in [7, 11) is 1.59. The fraction of sp³-hybridized carbons (Fsp3) is 0.333. The molecule has 26 heavy (non-hydrogen) atoms. The van der Waals surface area contributed by atoms with E-state index in [1.165, 1.54) is 32.1 Å². The highest BCUT2D eigenvalue weighted by molar-refractivity contribution is 6.09. The van der Waals surface area contributed by atoms with Gasteiger partial charge in [0.2, 0.25) is 0 Å². The van der Waals surface area contributed by atoms with E-state index in [2.05, 4.69) is 9.88 Å². The molecule has 5 nitrogen and oxygen atoms in total. The number of anilines is 1. The Kier molecular flexibility index (Phi) is 5.75. The van der Waals surface area contributed by atoms with Crippen molar-refractivity contribution in [1.82, 2.24) is 4.57 Å². The van der Waals surface area contributed by atoms with Gasteiger partial charge in [-0.15, -0.1) is 0 Å². The van der Waals surface area contributed by atoms with Gasteiger partial charge in [-0.1, -0.05) is 19.3 Å². The fourth-order valence-electron chi connectivity index (χ4n) is 3.31. The number of nitriles is 1. The van der Waals surface area contributed by atoms with Crippen molar-refractivity contribution in [1.29, 1.82) is 5.26 Å². The molecule has 3 rings (SSSR count). The summed E-state index contributed by atoms with van der Waals surface area (Å²) in [6.07, 6.45) is 11.9. The lowest BCUT2D eigenvalue weighted by Crippen LogP contribution is -2.13. The Morgan fingerprint density at radius 1 is 1.23 bits per heavy atom. The van der Waals surface area contributed by atoms with Crippen LogP contribution in [0.4, 0.5) is 5.69 Å². The molecule has 0 aliphatic heterocycles. The summed E-state index contributed by atoms with van der Waals surface area (Å²) in [6.45, 7) is 0. The zero-order chi connectivity index (χ0) is 18.4. The molecule has 0 spiro atoms. The van der Waals surface area contributed by atoms with Crippen LogP contribution in [0.3, 0.4) is 0 Å². The van der Waals surface area contributed by atoms with Crippen LogP contribution in [0.5, 0.6) is 5.75 Å². The average molecular weight is 349 g/mol. The van der Waals surface area contributed by atoms with Crippen molar-refractivity contribution >= 4 is 17.7 Å². The van der Waals surface area contributed by atoms with E-state index < -0.39 is 5.91 Å². The van der Waals surface area contributed by atoms with Gasteiger partial charge < -0.3 is 14.6 Å². The maximum absolute atomic E-state index is 12.4. The molecule has 0 bridgehead atoms. The van der Waals surface area contributed by atoms with Crippen molar-refractivity contribution in [3.05, 3.63) is 53.9 Å². The van der Waals surface area contributed by atoms with Crippen LogP contribution in [-0.2, 0) is 4.79 Å². The Morgan fingerprint density at radius 2 is 1.96 bits per heavy atom. The lowest BCUT2D eigenvalue weighted by Gasteiger charge is -2.23. The van der Waals surface area contributed by atoms with Gasteiger partial charge in [-0.3, -0.25) is 4.79 Å². The zero-order valence-electron chi connectivity index (χ0n) is 14.9. The first-order valence-corrected chi connectivity index (χ1v) is 8.94. The van der Waals surface area contributed by atoms with Gasteiger partial charge in [0, 0.05) is 24.1 Å². The Labute approximate surface area is 153 Å². The number of benzene rings is 1. The lowest BCUT2D eigenvalue weighted by molar-refractivity contribution is -0.112. The largest absolute Gasteiger partial charge is 0.497 e. The molecule has 0 unspecified atom stereocenters. The summed E-state index contributed by atoms with van der Waals surface area (Å²) in [6, 6.07) is 11.5. The van der Waals surface area contributed by atoms with E-state index in [4.69, 9.17) is 4.74 Å². The van der Waals surface area contributed by atoms with Gasteiger partial charge in [-0.05, 0) is 54.8 Å². The first-order chi connectivity index (χ1) is 12.7. The van der Waals surface area contributed by atoms with Crippen molar-refractivity contribution in [3.8, 4) is 11.8 Å². The van der Waals surface area contributed by atoms with E-state index in [9.17, 15) is 10.1 Å². The van der Waals surface area contributed by atoms with Crippen molar-refractivity contribution in [2.75, 3.05) is 12.4 Å². The van der Waals surface area contributed by atoms with Gasteiger partial charge in [0.1, 0.15) is 17.4 Å². The molecule has 0 saturated heterocycles. The topological polar surface area (TPSA) is 67.0 Å². The Morgan fingerprint density at radius 3 is 2.62 bits per heavy atom. The first-order valence-electron chi connectivity index (χ1n) is 8.94. The van der Waals surface area contributed by atoms with E-state index in [0.29, 0.717) is 17.5 Å². The molecule has 1 amide bonds. The molecule has 1 heterocycles. The van der Waals surface area contributed by atoms with Gasteiger partial charge in [-0.25, -0.2) is 0 Å². The van der Waals surface area contributed by atoms with Gasteiger partial charge in [0.05, 0.1) is 7.11 Å². The van der Waals surface area contributed by atoms with Crippen molar-refractivity contribution < 1.29 is 9.53 Å². The molecule has 1 N–H and O–H groups in total. The second-order valence-corrected chi connectivity index (χ2v) is 6.54. The summed E-state index contributed by atoms with van der Waals surface area (Å²) in [5.74, 6) is 0.297. The number of aromatic nitrogens is 1. The third-order valence-electron chi connectivity index (χ3n) is 4.76. The number of ether oxygens (including phenoxy) is 1. The molecule has 1 aromatic carbocycles. The minimum Gasteiger partial charge on any atom is -0.497 e. The molecule has 1 saturated carbocycles. The number of hydrogen-bond acceptors (Lipinski definition) is 3.